The second-order valence-corrected chi connectivity index (χ2v) is 3.05. The lowest BCUT2D eigenvalue weighted by Crippen LogP contribution is -2.33. The highest BCUT2D eigenvalue weighted by atomic mass is 16.5. The summed E-state index contributed by atoms with van der Waals surface area (Å²) >= 11 is 0. The molecule has 0 aromatic carbocycles. The number of rotatable bonds is 1. The summed E-state index contributed by atoms with van der Waals surface area (Å²) in [6, 6.07) is 0. The molecule has 0 amide bonds. The standard InChI is InChI=1S/C7H8O3/c1-10-6(9)7-2-4(7)5(8)3-7/h4H,2-3H2,1H3. The van der Waals surface area contributed by atoms with E-state index >= 15 is 0 Å². The minimum atomic E-state index is -0.341. The lowest BCUT2D eigenvalue weighted by molar-refractivity contribution is -0.154. The van der Waals surface area contributed by atoms with Crippen molar-refractivity contribution < 1.29 is 14.3 Å². The van der Waals surface area contributed by atoms with Crippen molar-refractivity contribution in [3.8, 4) is 0 Å². The zero-order valence-electron chi connectivity index (χ0n) is 5.72. The second-order valence-electron chi connectivity index (χ2n) is 3.05. The van der Waals surface area contributed by atoms with E-state index in [0.717, 1.165) is 6.42 Å². The first-order valence-corrected chi connectivity index (χ1v) is 3.32. The van der Waals surface area contributed by atoms with Gasteiger partial charge in [-0.25, -0.2) is 0 Å². The highest BCUT2D eigenvalue weighted by Crippen LogP contribution is 2.65. The molecule has 0 aromatic heterocycles. The Balaban J connectivity index is 2.11. The van der Waals surface area contributed by atoms with Crippen LogP contribution >= 0.6 is 0 Å². The van der Waals surface area contributed by atoms with Gasteiger partial charge in [-0.3, -0.25) is 9.59 Å². The van der Waals surface area contributed by atoms with Crippen LogP contribution in [0.3, 0.4) is 0 Å². The third kappa shape index (κ3) is 0.426. The van der Waals surface area contributed by atoms with Gasteiger partial charge in [0.1, 0.15) is 5.78 Å². The van der Waals surface area contributed by atoms with Crippen LogP contribution in [0.15, 0.2) is 0 Å². The summed E-state index contributed by atoms with van der Waals surface area (Å²) in [5.41, 5.74) is -0.341. The van der Waals surface area contributed by atoms with Crippen molar-refractivity contribution in [2.75, 3.05) is 7.11 Å². The van der Waals surface area contributed by atoms with Gasteiger partial charge in [-0.2, -0.15) is 0 Å². The minimum absolute atomic E-state index is 0.0277. The molecule has 0 heterocycles. The number of hydrogen-bond acceptors (Lipinski definition) is 3. The monoisotopic (exact) mass is 140 g/mol. The highest BCUT2D eigenvalue weighted by molar-refractivity contribution is 6.05. The largest absolute Gasteiger partial charge is 0.469 e. The first kappa shape index (κ1) is 5.89. The SMILES string of the molecule is COC(=O)C12CC(=O)C1C2. The van der Waals surface area contributed by atoms with E-state index in [1.165, 1.54) is 7.11 Å². The molecule has 2 unspecified atom stereocenters. The lowest BCUT2D eigenvalue weighted by atomic mass is 9.83. The number of ether oxygens (including phenoxy) is 1. The van der Waals surface area contributed by atoms with E-state index < -0.39 is 0 Å². The van der Waals surface area contributed by atoms with Gasteiger partial charge in [0.15, 0.2) is 0 Å². The van der Waals surface area contributed by atoms with Gasteiger partial charge in [-0.1, -0.05) is 0 Å². The number of methoxy groups -OCH3 is 1. The molecule has 3 nitrogen and oxygen atoms in total. The normalized spacial score (nSPS) is 41.7. The Hall–Kier alpha value is -0.860. The van der Waals surface area contributed by atoms with Crippen molar-refractivity contribution in [3.63, 3.8) is 0 Å². The molecule has 0 saturated heterocycles. The zero-order chi connectivity index (χ0) is 7.35. The Morgan fingerprint density at radius 1 is 1.80 bits per heavy atom. The van der Waals surface area contributed by atoms with Crippen LogP contribution in [0.5, 0.6) is 0 Å². The van der Waals surface area contributed by atoms with Gasteiger partial charge < -0.3 is 4.74 Å². The number of carbonyl (C=O) groups is 2. The van der Waals surface area contributed by atoms with Crippen LogP contribution in [0.4, 0.5) is 0 Å². The number of hydrogen-bond donors (Lipinski definition) is 0. The molecule has 0 aliphatic heterocycles. The quantitative estimate of drug-likeness (QED) is 0.486. The van der Waals surface area contributed by atoms with E-state index in [1.54, 1.807) is 0 Å². The average molecular weight is 140 g/mol. The predicted octanol–water partition coefficient (Wildman–Crippen LogP) is 0.138. The van der Waals surface area contributed by atoms with E-state index in [9.17, 15) is 9.59 Å². The molecule has 54 valence electrons. The van der Waals surface area contributed by atoms with Crippen LogP contribution in [-0.2, 0) is 14.3 Å². The molecule has 3 heteroatoms. The van der Waals surface area contributed by atoms with E-state index in [4.69, 9.17) is 0 Å². The first-order valence-electron chi connectivity index (χ1n) is 3.32. The van der Waals surface area contributed by atoms with Gasteiger partial charge in [0.25, 0.3) is 0 Å². The fourth-order valence-electron chi connectivity index (χ4n) is 1.73. The molecule has 2 atom stereocenters. The Bertz CT molecular complexity index is 221. The van der Waals surface area contributed by atoms with Gasteiger partial charge in [0, 0.05) is 12.3 Å². The summed E-state index contributed by atoms with van der Waals surface area (Å²) in [5.74, 6) is 0.0578. The van der Waals surface area contributed by atoms with E-state index in [-0.39, 0.29) is 23.1 Å². The highest BCUT2D eigenvalue weighted by Gasteiger charge is 2.72. The van der Waals surface area contributed by atoms with E-state index in [2.05, 4.69) is 4.74 Å². The molecule has 0 bridgehead atoms. The third-order valence-corrected chi connectivity index (χ3v) is 2.55. The third-order valence-electron chi connectivity index (χ3n) is 2.55. The second kappa shape index (κ2) is 1.41. The summed E-state index contributed by atoms with van der Waals surface area (Å²) in [7, 11) is 1.37. The topological polar surface area (TPSA) is 43.4 Å². The number of ketones is 1. The molecular formula is C7H8O3. The zero-order valence-corrected chi connectivity index (χ0v) is 5.72. The summed E-state index contributed by atoms with van der Waals surface area (Å²) in [6.07, 6.45) is 1.16. The number of fused-ring (bicyclic) bond motifs is 1. The molecule has 0 radical (unpaired) electrons. The Labute approximate surface area is 58.4 Å². The van der Waals surface area contributed by atoms with Crippen molar-refractivity contribution >= 4 is 11.8 Å². The van der Waals surface area contributed by atoms with Gasteiger partial charge in [0.2, 0.25) is 0 Å². The Morgan fingerprint density at radius 2 is 2.50 bits per heavy atom. The van der Waals surface area contributed by atoms with Crippen LogP contribution in [0.25, 0.3) is 0 Å². The summed E-state index contributed by atoms with van der Waals surface area (Å²) in [4.78, 5) is 21.6. The maximum atomic E-state index is 10.9. The van der Waals surface area contributed by atoms with Crippen molar-refractivity contribution in [2.45, 2.75) is 12.8 Å². The minimum Gasteiger partial charge on any atom is -0.469 e. The number of carbonyl (C=O) groups excluding carboxylic acids is 2. The molecule has 2 fully saturated rings. The van der Waals surface area contributed by atoms with Crippen LogP contribution in [-0.4, -0.2) is 18.9 Å². The van der Waals surface area contributed by atoms with Crippen molar-refractivity contribution in [1.82, 2.24) is 0 Å². The molecular weight excluding hydrogens is 132 g/mol. The predicted molar refractivity (Wildman–Crippen MR) is 32.2 cm³/mol. The van der Waals surface area contributed by atoms with Gasteiger partial charge in [-0.15, -0.1) is 0 Å². The fourth-order valence-corrected chi connectivity index (χ4v) is 1.73. The number of Topliss-reactive ketones (excluding diaryl/α,β-unsaturated/α-hetero) is 1. The lowest BCUT2D eigenvalue weighted by Gasteiger charge is -2.20. The smallest absolute Gasteiger partial charge is 0.313 e. The number of esters is 1. The van der Waals surface area contributed by atoms with Gasteiger partial charge in [-0.05, 0) is 6.42 Å². The molecule has 2 rings (SSSR count). The maximum absolute atomic E-state index is 10.9. The molecule has 0 N–H and O–H groups in total. The van der Waals surface area contributed by atoms with Crippen molar-refractivity contribution in [1.29, 1.82) is 0 Å². The van der Waals surface area contributed by atoms with Crippen LogP contribution in [0, 0.1) is 11.3 Å². The van der Waals surface area contributed by atoms with Crippen LogP contribution < -0.4 is 0 Å². The Kier molecular flexibility index (Phi) is 0.832. The molecule has 0 spiro atoms. The molecule has 2 aliphatic carbocycles. The summed E-state index contributed by atoms with van der Waals surface area (Å²) in [5, 5.41) is 0. The molecule has 2 saturated carbocycles. The summed E-state index contributed by atoms with van der Waals surface area (Å²) < 4.78 is 4.56. The van der Waals surface area contributed by atoms with E-state index in [1.807, 2.05) is 0 Å². The van der Waals surface area contributed by atoms with Crippen molar-refractivity contribution in [3.05, 3.63) is 0 Å². The Morgan fingerprint density at radius 3 is 2.80 bits per heavy atom. The summed E-state index contributed by atoms with van der Waals surface area (Å²) in [6.45, 7) is 0. The maximum Gasteiger partial charge on any atom is 0.313 e. The first-order chi connectivity index (χ1) is 4.70. The van der Waals surface area contributed by atoms with Crippen LogP contribution in [0.2, 0.25) is 0 Å². The van der Waals surface area contributed by atoms with Crippen LogP contribution in [0.1, 0.15) is 12.8 Å². The van der Waals surface area contributed by atoms with Gasteiger partial charge in [0.05, 0.1) is 12.5 Å². The average Bonchev–Trinajstić information content (AvgIpc) is 2.55. The van der Waals surface area contributed by atoms with E-state index in [0.29, 0.717) is 6.42 Å². The molecule has 10 heavy (non-hydrogen) atoms. The molecule has 2 aliphatic rings. The van der Waals surface area contributed by atoms with Crippen molar-refractivity contribution in [2.24, 2.45) is 11.3 Å². The fraction of sp³-hybridized carbons (Fsp3) is 0.714. The van der Waals surface area contributed by atoms with Gasteiger partial charge >= 0.3 is 5.97 Å². The molecule has 0 aromatic rings.